The van der Waals surface area contributed by atoms with E-state index >= 15 is 0 Å². The molecule has 1 aromatic heterocycles. The van der Waals surface area contributed by atoms with E-state index in [1.807, 2.05) is 0 Å². The number of carbonyl (C=O) groups excluding carboxylic acids is 1. The first-order chi connectivity index (χ1) is 5.77. The van der Waals surface area contributed by atoms with Gasteiger partial charge in [0.15, 0.2) is 0 Å². The molecule has 1 aromatic rings. The van der Waals surface area contributed by atoms with Crippen LogP contribution in [-0.2, 0) is 17.6 Å². The van der Waals surface area contributed by atoms with Gasteiger partial charge in [0.05, 0.1) is 5.56 Å². The molecule has 0 saturated carbocycles. The van der Waals surface area contributed by atoms with Gasteiger partial charge in [0, 0.05) is 19.3 Å². The minimum atomic E-state index is -0.0558. The first kappa shape index (κ1) is 7.34. The Morgan fingerprint density at radius 1 is 1.25 bits per heavy atom. The van der Waals surface area contributed by atoms with E-state index in [2.05, 4.69) is 5.16 Å². The van der Waals surface area contributed by atoms with Crippen LogP contribution in [-0.4, -0.2) is 16.0 Å². The van der Waals surface area contributed by atoms with Crippen LogP contribution >= 0.6 is 0 Å². The maximum atomic E-state index is 11.0. The molecular weight excluding hydrogens is 158 g/mol. The van der Waals surface area contributed by atoms with Crippen molar-refractivity contribution in [3.8, 4) is 5.88 Å². The fourth-order valence-electron chi connectivity index (χ4n) is 1.42. The van der Waals surface area contributed by atoms with Crippen LogP contribution in [0.5, 0.6) is 5.88 Å². The van der Waals surface area contributed by atoms with Crippen molar-refractivity contribution < 1.29 is 14.4 Å². The van der Waals surface area contributed by atoms with Gasteiger partial charge in [-0.2, -0.15) is 0 Å². The molecule has 0 radical (unpaired) electrons. The standard InChI is InChI=1S/C8H9NO3/c10-5-1-3-6-7(4-2-5)12-9-8(6)11/h1-4H2,(H,9,11). The summed E-state index contributed by atoms with van der Waals surface area (Å²) in [4.78, 5) is 11.0. The van der Waals surface area contributed by atoms with Crippen molar-refractivity contribution >= 4 is 5.78 Å². The third-order valence-corrected chi connectivity index (χ3v) is 2.13. The van der Waals surface area contributed by atoms with Gasteiger partial charge in [-0.05, 0) is 11.6 Å². The maximum absolute atomic E-state index is 11.0. The van der Waals surface area contributed by atoms with Crippen LogP contribution in [0.15, 0.2) is 4.52 Å². The molecule has 0 unspecified atom stereocenters. The second-order valence-electron chi connectivity index (χ2n) is 2.95. The third-order valence-electron chi connectivity index (χ3n) is 2.13. The Balaban J connectivity index is 2.33. The van der Waals surface area contributed by atoms with Gasteiger partial charge in [-0.25, -0.2) is 0 Å². The minimum Gasteiger partial charge on any atom is -0.491 e. The normalized spacial score (nSPS) is 17.2. The number of hydrogen-bond donors (Lipinski definition) is 1. The summed E-state index contributed by atoms with van der Waals surface area (Å²) >= 11 is 0. The van der Waals surface area contributed by atoms with E-state index in [-0.39, 0.29) is 11.7 Å². The van der Waals surface area contributed by atoms with Crippen LogP contribution in [0.25, 0.3) is 0 Å². The Bertz CT molecular complexity index is 316. The highest BCUT2D eigenvalue weighted by molar-refractivity contribution is 5.79. The van der Waals surface area contributed by atoms with Crippen LogP contribution in [0.2, 0.25) is 0 Å². The first-order valence-electron chi connectivity index (χ1n) is 3.95. The Kier molecular flexibility index (Phi) is 1.60. The molecule has 1 heterocycles. The summed E-state index contributed by atoms with van der Waals surface area (Å²) in [6.45, 7) is 0. The molecule has 64 valence electrons. The summed E-state index contributed by atoms with van der Waals surface area (Å²) in [6, 6.07) is 0. The number of aryl methyl sites for hydroxylation is 1. The molecule has 1 N–H and O–H groups in total. The molecule has 0 aliphatic heterocycles. The molecular formula is C8H9NO3. The van der Waals surface area contributed by atoms with E-state index in [9.17, 15) is 9.90 Å². The van der Waals surface area contributed by atoms with Gasteiger partial charge in [0.25, 0.3) is 5.88 Å². The van der Waals surface area contributed by atoms with Gasteiger partial charge in [-0.1, -0.05) is 0 Å². The lowest BCUT2D eigenvalue weighted by atomic mass is 10.1. The molecule has 2 rings (SSSR count). The molecule has 0 atom stereocenters. The molecule has 0 amide bonds. The van der Waals surface area contributed by atoms with Crippen molar-refractivity contribution in [1.29, 1.82) is 0 Å². The van der Waals surface area contributed by atoms with E-state index in [4.69, 9.17) is 4.52 Å². The molecule has 0 saturated heterocycles. The van der Waals surface area contributed by atoms with E-state index in [0.29, 0.717) is 37.0 Å². The third kappa shape index (κ3) is 1.09. The molecule has 0 fully saturated rings. The topological polar surface area (TPSA) is 63.3 Å². The highest BCUT2D eigenvalue weighted by Gasteiger charge is 2.20. The minimum absolute atomic E-state index is 0.0558. The van der Waals surface area contributed by atoms with E-state index in [1.165, 1.54) is 0 Å². The predicted octanol–water partition coefficient (Wildman–Crippen LogP) is 0.828. The number of rotatable bonds is 0. The van der Waals surface area contributed by atoms with Gasteiger partial charge >= 0.3 is 0 Å². The zero-order valence-corrected chi connectivity index (χ0v) is 6.54. The molecule has 0 spiro atoms. The maximum Gasteiger partial charge on any atom is 0.255 e. The Hall–Kier alpha value is -1.32. The average Bonchev–Trinajstić information content (AvgIpc) is 2.28. The van der Waals surface area contributed by atoms with Gasteiger partial charge in [0.1, 0.15) is 11.5 Å². The number of Topliss-reactive ketones (excluding diaryl/α,β-unsaturated/α-hetero) is 1. The Morgan fingerprint density at radius 3 is 2.83 bits per heavy atom. The smallest absolute Gasteiger partial charge is 0.255 e. The number of fused-ring (bicyclic) bond motifs is 1. The monoisotopic (exact) mass is 167 g/mol. The molecule has 12 heavy (non-hydrogen) atoms. The molecule has 0 bridgehead atoms. The van der Waals surface area contributed by atoms with Gasteiger partial charge in [-0.15, -0.1) is 0 Å². The van der Waals surface area contributed by atoms with Crippen LogP contribution in [0.1, 0.15) is 24.2 Å². The van der Waals surface area contributed by atoms with Gasteiger partial charge in [-0.3, -0.25) is 4.79 Å². The molecule has 4 heteroatoms. The van der Waals surface area contributed by atoms with Crippen molar-refractivity contribution in [3.63, 3.8) is 0 Å². The van der Waals surface area contributed by atoms with Crippen LogP contribution in [0.3, 0.4) is 0 Å². The second kappa shape index (κ2) is 2.62. The van der Waals surface area contributed by atoms with Crippen molar-refractivity contribution in [1.82, 2.24) is 5.16 Å². The fraction of sp³-hybridized carbons (Fsp3) is 0.500. The SMILES string of the molecule is O=C1CCc2onc(O)c2CC1. The molecule has 1 aliphatic carbocycles. The summed E-state index contributed by atoms with van der Waals surface area (Å²) in [5.41, 5.74) is 0.709. The van der Waals surface area contributed by atoms with Crippen LogP contribution < -0.4 is 0 Å². The lowest BCUT2D eigenvalue weighted by molar-refractivity contribution is -0.118. The van der Waals surface area contributed by atoms with Gasteiger partial charge < -0.3 is 9.63 Å². The van der Waals surface area contributed by atoms with E-state index < -0.39 is 0 Å². The number of nitrogens with zero attached hydrogens (tertiary/aromatic N) is 1. The second-order valence-corrected chi connectivity index (χ2v) is 2.95. The lowest BCUT2D eigenvalue weighted by Gasteiger charge is -1.91. The molecule has 0 aromatic carbocycles. The molecule has 4 nitrogen and oxygen atoms in total. The van der Waals surface area contributed by atoms with Crippen molar-refractivity contribution in [2.75, 3.05) is 0 Å². The summed E-state index contributed by atoms with van der Waals surface area (Å²) in [5.74, 6) is 0.832. The molecule has 1 aliphatic rings. The fourth-order valence-corrected chi connectivity index (χ4v) is 1.42. The number of ketones is 1. The van der Waals surface area contributed by atoms with E-state index in [1.54, 1.807) is 0 Å². The first-order valence-corrected chi connectivity index (χ1v) is 3.95. The largest absolute Gasteiger partial charge is 0.491 e. The van der Waals surface area contributed by atoms with Crippen molar-refractivity contribution in [2.24, 2.45) is 0 Å². The Morgan fingerprint density at radius 2 is 2.00 bits per heavy atom. The lowest BCUT2D eigenvalue weighted by Crippen LogP contribution is -1.96. The van der Waals surface area contributed by atoms with E-state index in [0.717, 1.165) is 0 Å². The van der Waals surface area contributed by atoms with Crippen LogP contribution in [0.4, 0.5) is 0 Å². The summed E-state index contributed by atoms with van der Waals surface area (Å²) in [5, 5.41) is 12.6. The van der Waals surface area contributed by atoms with Crippen molar-refractivity contribution in [3.05, 3.63) is 11.3 Å². The summed E-state index contributed by atoms with van der Waals surface area (Å²) in [7, 11) is 0. The number of aromatic nitrogens is 1. The zero-order valence-electron chi connectivity index (χ0n) is 6.54. The number of carbonyl (C=O) groups is 1. The number of hydrogen-bond acceptors (Lipinski definition) is 4. The Labute approximate surface area is 69.2 Å². The summed E-state index contributed by atoms with van der Waals surface area (Å²) < 4.78 is 4.86. The van der Waals surface area contributed by atoms with Crippen molar-refractivity contribution in [2.45, 2.75) is 25.7 Å². The summed E-state index contributed by atoms with van der Waals surface area (Å²) in [6.07, 6.45) is 2.12. The average molecular weight is 167 g/mol. The van der Waals surface area contributed by atoms with Gasteiger partial charge in [0.2, 0.25) is 0 Å². The number of aromatic hydroxyl groups is 1. The highest BCUT2D eigenvalue weighted by Crippen LogP contribution is 2.25. The quantitative estimate of drug-likeness (QED) is 0.581. The predicted molar refractivity (Wildman–Crippen MR) is 39.8 cm³/mol. The highest BCUT2D eigenvalue weighted by atomic mass is 16.5. The zero-order chi connectivity index (χ0) is 8.55. The van der Waals surface area contributed by atoms with Crippen LogP contribution in [0, 0.1) is 0 Å².